The molecule has 0 fully saturated rings. The van der Waals surface area contributed by atoms with Crippen LogP contribution in [0.3, 0.4) is 0 Å². The lowest BCUT2D eigenvalue weighted by atomic mass is 10.1. The summed E-state index contributed by atoms with van der Waals surface area (Å²) in [6.45, 7) is 0. The number of hydrogen-bond donors (Lipinski definition) is 3. The summed E-state index contributed by atoms with van der Waals surface area (Å²) in [7, 11) is 1.57. The molecule has 118 valence electrons. The van der Waals surface area contributed by atoms with E-state index in [1.54, 1.807) is 37.6 Å². The van der Waals surface area contributed by atoms with Crippen LogP contribution in [-0.2, 0) is 11.2 Å². The minimum atomic E-state index is -0.412. The molecule has 3 N–H and O–H groups in total. The quantitative estimate of drug-likeness (QED) is 0.640. The van der Waals surface area contributed by atoms with Crippen molar-refractivity contribution in [2.24, 2.45) is 0 Å². The molecular weight excluding hydrogens is 298 g/mol. The van der Waals surface area contributed by atoms with Crippen molar-refractivity contribution in [3.05, 3.63) is 54.0 Å². The average molecular weight is 313 g/mol. The molecule has 0 unspecified atom stereocenters. The highest BCUT2D eigenvalue weighted by molar-refractivity contribution is 5.94. The predicted molar refractivity (Wildman–Crippen MR) is 82.9 cm³/mol. The van der Waals surface area contributed by atoms with Gasteiger partial charge in [-0.2, -0.15) is 0 Å². The fourth-order valence-electron chi connectivity index (χ4n) is 2.21. The maximum absolute atomic E-state index is 11.9. The fraction of sp³-hybridized carbons (Fsp3) is 0.125. The number of aromatic amines is 1. The number of hydrogen-bond acceptors (Lipinski definition) is 4. The minimum absolute atomic E-state index is 0.0876. The number of methoxy groups -OCH3 is 1. The zero-order chi connectivity index (χ0) is 16.2. The van der Waals surface area contributed by atoms with Crippen molar-refractivity contribution in [1.82, 2.24) is 15.8 Å². The molecule has 0 aliphatic heterocycles. The van der Waals surface area contributed by atoms with Crippen LogP contribution in [0.1, 0.15) is 16.1 Å². The zero-order valence-corrected chi connectivity index (χ0v) is 12.4. The van der Waals surface area contributed by atoms with Crippen molar-refractivity contribution in [3.63, 3.8) is 0 Å². The number of H-pyrrole nitrogens is 1. The third-order valence-electron chi connectivity index (χ3n) is 3.37. The van der Waals surface area contributed by atoms with Gasteiger partial charge in [-0.05, 0) is 24.3 Å². The number of benzene rings is 1. The van der Waals surface area contributed by atoms with E-state index in [1.165, 1.54) is 6.26 Å². The predicted octanol–water partition coefficient (Wildman–Crippen LogP) is 1.77. The van der Waals surface area contributed by atoms with Gasteiger partial charge < -0.3 is 14.1 Å². The van der Waals surface area contributed by atoms with Crippen LogP contribution in [0, 0.1) is 0 Å². The molecule has 0 atom stereocenters. The highest BCUT2D eigenvalue weighted by Crippen LogP contribution is 2.25. The van der Waals surface area contributed by atoms with E-state index in [-0.39, 0.29) is 12.3 Å². The highest BCUT2D eigenvalue weighted by atomic mass is 16.5. The third-order valence-corrected chi connectivity index (χ3v) is 3.37. The molecule has 0 saturated heterocycles. The Morgan fingerprint density at radius 3 is 2.87 bits per heavy atom. The molecule has 0 spiro atoms. The van der Waals surface area contributed by atoms with Gasteiger partial charge in [-0.1, -0.05) is 0 Å². The molecule has 7 heteroatoms. The highest BCUT2D eigenvalue weighted by Gasteiger charge is 2.12. The lowest BCUT2D eigenvalue weighted by Gasteiger charge is -2.05. The summed E-state index contributed by atoms with van der Waals surface area (Å²) < 4.78 is 10.5. The molecule has 2 heterocycles. The Hall–Kier alpha value is -3.22. The summed E-state index contributed by atoms with van der Waals surface area (Å²) in [6, 6.07) is 8.69. The van der Waals surface area contributed by atoms with Crippen LogP contribution in [0.15, 0.2) is 47.2 Å². The van der Waals surface area contributed by atoms with Crippen LogP contribution in [0.5, 0.6) is 5.75 Å². The smallest absolute Gasteiger partial charge is 0.286 e. The van der Waals surface area contributed by atoms with Crippen molar-refractivity contribution in [2.45, 2.75) is 6.42 Å². The second-order valence-electron chi connectivity index (χ2n) is 4.89. The Kier molecular flexibility index (Phi) is 4.01. The molecule has 1 aromatic carbocycles. The minimum Gasteiger partial charge on any atom is -0.497 e. The average Bonchev–Trinajstić information content (AvgIpc) is 3.22. The van der Waals surface area contributed by atoms with Crippen LogP contribution >= 0.6 is 0 Å². The molecule has 3 aromatic rings. The largest absolute Gasteiger partial charge is 0.497 e. The summed E-state index contributed by atoms with van der Waals surface area (Å²) in [4.78, 5) is 26.4. The van der Waals surface area contributed by atoms with Gasteiger partial charge in [0.25, 0.3) is 5.91 Å². The Morgan fingerprint density at radius 1 is 1.26 bits per heavy atom. The van der Waals surface area contributed by atoms with Crippen LogP contribution in [0.2, 0.25) is 0 Å². The second-order valence-corrected chi connectivity index (χ2v) is 4.89. The zero-order valence-electron chi connectivity index (χ0n) is 12.4. The number of ether oxygens (including phenoxy) is 1. The number of carbonyl (C=O) groups excluding carboxylic acids is 2. The number of hydrazine groups is 1. The lowest BCUT2D eigenvalue weighted by Crippen LogP contribution is -2.42. The number of nitrogens with one attached hydrogen (secondary N) is 3. The Morgan fingerprint density at radius 2 is 2.13 bits per heavy atom. The van der Waals surface area contributed by atoms with Crippen molar-refractivity contribution in [1.29, 1.82) is 0 Å². The molecule has 2 aromatic heterocycles. The Bertz CT molecular complexity index is 836. The number of rotatable bonds is 4. The standard InChI is InChI=1S/C16H15N3O4/c1-22-11-4-5-12-10(9-23-14(12)8-11)7-15(20)18-19-16(21)13-3-2-6-17-13/h2-6,8-9,17H,7H2,1H3,(H,18,20)(H,19,21). The number of carbonyl (C=O) groups is 2. The maximum Gasteiger partial charge on any atom is 0.286 e. The van der Waals surface area contributed by atoms with Gasteiger partial charge in [0.2, 0.25) is 5.91 Å². The third kappa shape index (κ3) is 3.18. The summed E-state index contributed by atoms with van der Waals surface area (Å²) in [5, 5.41) is 0.830. The fourth-order valence-corrected chi connectivity index (χ4v) is 2.21. The first-order valence-electron chi connectivity index (χ1n) is 6.94. The van der Waals surface area contributed by atoms with Crippen molar-refractivity contribution in [3.8, 4) is 5.75 Å². The topological polar surface area (TPSA) is 96.4 Å². The SMILES string of the molecule is COc1ccc2c(CC(=O)NNC(=O)c3ccc[nH]3)coc2c1. The van der Waals surface area contributed by atoms with Crippen LogP contribution in [0.4, 0.5) is 0 Å². The maximum atomic E-state index is 11.9. The normalized spacial score (nSPS) is 10.5. The lowest BCUT2D eigenvalue weighted by molar-refractivity contribution is -0.121. The first kappa shape index (κ1) is 14.7. The summed E-state index contributed by atoms with van der Waals surface area (Å²) >= 11 is 0. The van der Waals surface area contributed by atoms with E-state index in [0.29, 0.717) is 17.0 Å². The van der Waals surface area contributed by atoms with E-state index >= 15 is 0 Å². The summed E-state index contributed by atoms with van der Waals surface area (Å²) in [6.07, 6.45) is 3.24. The van der Waals surface area contributed by atoms with Gasteiger partial charge in [0.15, 0.2) is 0 Å². The van der Waals surface area contributed by atoms with E-state index in [0.717, 1.165) is 10.9 Å². The van der Waals surface area contributed by atoms with E-state index in [1.807, 2.05) is 6.07 Å². The molecule has 23 heavy (non-hydrogen) atoms. The van der Waals surface area contributed by atoms with E-state index in [2.05, 4.69) is 15.8 Å². The molecule has 0 aliphatic rings. The van der Waals surface area contributed by atoms with Crippen LogP contribution in [-0.4, -0.2) is 23.9 Å². The Balaban J connectivity index is 1.63. The second kappa shape index (κ2) is 6.27. The van der Waals surface area contributed by atoms with Gasteiger partial charge in [-0.15, -0.1) is 0 Å². The van der Waals surface area contributed by atoms with E-state index in [4.69, 9.17) is 9.15 Å². The number of aromatic nitrogens is 1. The van der Waals surface area contributed by atoms with Crippen LogP contribution in [0.25, 0.3) is 11.0 Å². The van der Waals surface area contributed by atoms with Gasteiger partial charge in [-0.25, -0.2) is 0 Å². The van der Waals surface area contributed by atoms with Crippen molar-refractivity contribution in [2.75, 3.05) is 7.11 Å². The summed E-state index contributed by atoms with van der Waals surface area (Å²) in [5.74, 6) is -0.0744. The van der Waals surface area contributed by atoms with Gasteiger partial charge in [-0.3, -0.25) is 20.4 Å². The summed E-state index contributed by atoms with van der Waals surface area (Å²) in [5.41, 5.74) is 6.45. The first-order valence-corrected chi connectivity index (χ1v) is 6.94. The first-order chi connectivity index (χ1) is 11.2. The van der Waals surface area contributed by atoms with Crippen molar-refractivity contribution >= 4 is 22.8 Å². The molecule has 3 rings (SSSR count). The number of furan rings is 1. The van der Waals surface area contributed by atoms with Gasteiger partial charge in [0.05, 0.1) is 19.8 Å². The molecule has 0 aliphatic carbocycles. The van der Waals surface area contributed by atoms with Crippen molar-refractivity contribution < 1.29 is 18.7 Å². The monoisotopic (exact) mass is 313 g/mol. The van der Waals surface area contributed by atoms with Gasteiger partial charge >= 0.3 is 0 Å². The van der Waals surface area contributed by atoms with E-state index < -0.39 is 5.91 Å². The number of fused-ring (bicyclic) bond motifs is 1. The van der Waals surface area contributed by atoms with E-state index in [9.17, 15) is 9.59 Å². The van der Waals surface area contributed by atoms with Gasteiger partial charge in [0, 0.05) is 23.2 Å². The Labute approximate surface area is 131 Å². The molecule has 7 nitrogen and oxygen atoms in total. The molecular formula is C16H15N3O4. The molecule has 0 saturated carbocycles. The molecule has 0 bridgehead atoms. The van der Waals surface area contributed by atoms with Crippen LogP contribution < -0.4 is 15.6 Å². The molecule has 2 amide bonds. The molecule has 0 radical (unpaired) electrons. The van der Waals surface area contributed by atoms with Gasteiger partial charge in [0.1, 0.15) is 17.0 Å². The number of amides is 2.